The molecule has 0 aliphatic heterocycles. The minimum absolute atomic E-state index is 0. The van der Waals surface area contributed by atoms with Gasteiger partial charge in [0.2, 0.25) is 5.92 Å². The molecule has 10 heavy (non-hydrogen) atoms. The number of halogens is 2. The van der Waals surface area contributed by atoms with Crippen LogP contribution >= 0.6 is 0 Å². The summed E-state index contributed by atoms with van der Waals surface area (Å²) in [4.78, 5) is 0. The second-order valence-corrected chi connectivity index (χ2v) is 3.06. The van der Waals surface area contributed by atoms with Crippen LogP contribution in [0.2, 0.25) is 0 Å². The summed E-state index contributed by atoms with van der Waals surface area (Å²) in [6.45, 7) is 8.21. The van der Waals surface area contributed by atoms with E-state index in [9.17, 15) is 8.78 Å². The second kappa shape index (κ2) is 6.97. The Labute approximate surface area is 63.6 Å². The summed E-state index contributed by atoms with van der Waals surface area (Å²) in [5.74, 6) is -1.67. The first-order chi connectivity index (χ1) is 3.73. The van der Waals surface area contributed by atoms with Gasteiger partial charge in [0.1, 0.15) is 0 Å². The fourth-order valence-electron chi connectivity index (χ4n) is 0. The number of rotatable bonds is 0. The third kappa shape index (κ3) is 18900. The Bertz CT molecular complexity index is 44.0. The van der Waals surface area contributed by atoms with Crippen molar-refractivity contribution >= 4 is 0 Å². The van der Waals surface area contributed by atoms with Crippen LogP contribution < -0.4 is 0 Å². The highest BCUT2D eigenvalue weighted by Crippen LogP contribution is 2.06. The first kappa shape index (κ1) is 16.4. The first-order valence-electron chi connectivity index (χ1n) is 3.11. The predicted octanol–water partition coefficient (Wildman–Crippen LogP) is 3.96. The molecule has 2 heteroatoms. The summed E-state index contributed by atoms with van der Waals surface area (Å²) in [5.41, 5.74) is 0. The van der Waals surface area contributed by atoms with Crippen molar-refractivity contribution in [3.8, 4) is 0 Å². The molecule has 0 aliphatic carbocycles. The van der Waals surface area contributed by atoms with E-state index in [0.717, 1.165) is 19.8 Å². The summed E-state index contributed by atoms with van der Waals surface area (Å²) in [6.07, 6.45) is 0. The highest BCUT2D eigenvalue weighted by atomic mass is 19.3. The molecular formula is C8H20F2. The van der Waals surface area contributed by atoms with Crippen molar-refractivity contribution in [1.82, 2.24) is 0 Å². The van der Waals surface area contributed by atoms with E-state index in [2.05, 4.69) is 20.8 Å². The van der Waals surface area contributed by atoms with Gasteiger partial charge in [0.25, 0.3) is 0 Å². The number of hydrogen-bond acceptors (Lipinski definition) is 0. The molecule has 0 aromatic heterocycles. The lowest BCUT2D eigenvalue weighted by Crippen LogP contribution is -1.98. The summed E-state index contributed by atoms with van der Waals surface area (Å²) < 4.78 is 22.0. The van der Waals surface area contributed by atoms with E-state index in [1.165, 1.54) is 0 Å². The molecule has 0 radical (unpaired) electrons. The molecule has 0 amide bonds. The van der Waals surface area contributed by atoms with Gasteiger partial charge in [0, 0.05) is 0 Å². The zero-order valence-corrected chi connectivity index (χ0v) is 6.83. The predicted molar refractivity (Wildman–Crippen MR) is 43.5 cm³/mol. The molecular weight excluding hydrogens is 134 g/mol. The average Bonchev–Trinajstić information content (AvgIpc) is 1.19. The molecule has 0 atom stereocenters. The van der Waals surface area contributed by atoms with Gasteiger partial charge in [0.15, 0.2) is 0 Å². The van der Waals surface area contributed by atoms with Crippen LogP contribution in [0, 0.1) is 5.92 Å². The normalized spacial score (nSPS) is 9.60. The van der Waals surface area contributed by atoms with Crippen LogP contribution in [0.1, 0.15) is 42.0 Å². The molecule has 0 saturated carbocycles. The molecule has 0 aliphatic rings. The van der Waals surface area contributed by atoms with Crippen molar-refractivity contribution in [1.29, 1.82) is 0 Å². The van der Waals surface area contributed by atoms with Crippen LogP contribution in [0.5, 0.6) is 0 Å². The van der Waals surface area contributed by atoms with Crippen molar-refractivity contribution in [2.75, 3.05) is 0 Å². The average molecular weight is 154 g/mol. The van der Waals surface area contributed by atoms with Crippen molar-refractivity contribution in [3.05, 3.63) is 0 Å². The Hall–Kier alpha value is -0.140. The van der Waals surface area contributed by atoms with Gasteiger partial charge < -0.3 is 0 Å². The van der Waals surface area contributed by atoms with Crippen LogP contribution in [-0.4, -0.2) is 5.92 Å². The summed E-state index contributed by atoms with van der Waals surface area (Å²) in [7, 11) is 0. The molecule has 0 N–H and O–H groups in total. The van der Waals surface area contributed by atoms with Gasteiger partial charge in [0.05, 0.1) is 0 Å². The fourth-order valence-corrected chi connectivity index (χ4v) is 0. The Balaban J connectivity index is -0.0000000910. The third-order valence-electron chi connectivity index (χ3n) is 0. The molecule has 0 nitrogen and oxygen atoms in total. The third-order valence-corrected chi connectivity index (χ3v) is 0. The minimum atomic E-state index is -2.50. The maximum Gasteiger partial charge on any atom is 0.242 e. The number of alkyl halides is 2. The summed E-state index contributed by atoms with van der Waals surface area (Å²) >= 11 is 0. The Morgan fingerprint density at radius 3 is 1.00 bits per heavy atom. The lowest BCUT2D eigenvalue weighted by atomic mass is 10.3. The van der Waals surface area contributed by atoms with E-state index in [-0.39, 0.29) is 7.43 Å². The van der Waals surface area contributed by atoms with Crippen molar-refractivity contribution in [3.63, 3.8) is 0 Å². The highest BCUT2D eigenvalue weighted by molar-refractivity contribution is 4.40. The van der Waals surface area contributed by atoms with Crippen LogP contribution in [0.15, 0.2) is 0 Å². The molecule has 0 bridgehead atoms. The maximum atomic E-state index is 11.0. The van der Waals surface area contributed by atoms with Crippen molar-refractivity contribution in [2.24, 2.45) is 5.92 Å². The minimum Gasteiger partial charge on any atom is -0.208 e. The fraction of sp³-hybridized carbons (Fsp3) is 1.00. The molecule has 0 fully saturated rings. The molecule has 0 saturated heterocycles. The Morgan fingerprint density at radius 1 is 1.00 bits per heavy atom. The van der Waals surface area contributed by atoms with E-state index in [4.69, 9.17) is 0 Å². The lowest BCUT2D eigenvalue weighted by molar-refractivity contribution is 0.0437. The molecule has 66 valence electrons. The van der Waals surface area contributed by atoms with Gasteiger partial charge in [-0.05, 0) is 19.8 Å². The zero-order chi connectivity index (χ0) is 8.08. The maximum absolute atomic E-state index is 11.0. The van der Waals surface area contributed by atoms with Gasteiger partial charge in [-0.3, -0.25) is 0 Å². The molecule has 0 heterocycles. The van der Waals surface area contributed by atoms with Gasteiger partial charge in [-0.15, -0.1) is 0 Å². The highest BCUT2D eigenvalue weighted by Gasteiger charge is 2.08. The Kier molecular flexibility index (Phi) is 11.5. The largest absolute Gasteiger partial charge is 0.242 e. The molecule has 0 unspecified atom stereocenters. The van der Waals surface area contributed by atoms with E-state index in [1.807, 2.05) is 0 Å². The van der Waals surface area contributed by atoms with E-state index >= 15 is 0 Å². The van der Waals surface area contributed by atoms with Crippen LogP contribution in [0.4, 0.5) is 8.78 Å². The zero-order valence-electron chi connectivity index (χ0n) is 6.83. The SMILES string of the molecule is C.CC(C)(F)F.CC(C)C. The number of hydrogen-bond donors (Lipinski definition) is 0. The smallest absolute Gasteiger partial charge is 0.208 e. The molecule has 0 aromatic carbocycles. The quantitative estimate of drug-likeness (QED) is 0.495. The van der Waals surface area contributed by atoms with Crippen LogP contribution in [0.3, 0.4) is 0 Å². The van der Waals surface area contributed by atoms with E-state index in [1.54, 1.807) is 0 Å². The first-order valence-corrected chi connectivity index (χ1v) is 3.11. The topological polar surface area (TPSA) is 0 Å². The van der Waals surface area contributed by atoms with E-state index in [0.29, 0.717) is 0 Å². The lowest BCUT2D eigenvalue weighted by Gasteiger charge is -1.94. The van der Waals surface area contributed by atoms with Crippen LogP contribution in [-0.2, 0) is 0 Å². The standard InChI is InChI=1S/C4H10.C3H6F2.CH4/c1-4(2)3;1-3(2,4)5;/h4H,1-3H3;1-2H3;1H4. The summed E-state index contributed by atoms with van der Waals surface area (Å²) in [6, 6.07) is 0. The van der Waals surface area contributed by atoms with Crippen molar-refractivity contribution in [2.45, 2.75) is 48.0 Å². The Morgan fingerprint density at radius 2 is 1.00 bits per heavy atom. The monoisotopic (exact) mass is 154 g/mol. The molecule has 0 rings (SSSR count). The van der Waals surface area contributed by atoms with Gasteiger partial charge in [-0.25, -0.2) is 8.78 Å². The molecule has 0 aromatic rings. The second-order valence-electron chi connectivity index (χ2n) is 3.06. The van der Waals surface area contributed by atoms with Gasteiger partial charge >= 0.3 is 0 Å². The van der Waals surface area contributed by atoms with E-state index < -0.39 is 5.92 Å². The van der Waals surface area contributed by atoms with Crippen LogP contribution in [0.25, 0.3) is 0 Å². The summed E-state index contributed by atoms with van der Waals surface area (Å²) in [5, 5.41) is 0. The van der Waals surface area contributed by atoms with Crippen molar-refractivity contribution < 1.29 is 8.78 Å². The van der Waals surface area contributed by atoms with Gasteiger partial charge in [-0.1, -0.05) is 28.2 Å². The molecule has 0 spiro atoms. The van der Waals surface area contributed by atoms with Gasteiger partial charge in [-0.2, -0.15) is 0 Å².